The average molecular weight is 351 g/mol. The first-order valence-electron chi connectivity index (χ1n) is 0.756. The Morgan fingerprint density at radius 1 is 0.833 bits per heavy atom. The van der Waals surface area contributed by atoms with Crippen LogP contribution in [-0.4, -0.2) is 25.8 Å². The van der Waals surface area contributed by atoms with Gasteiger partial charge in [-0.2, -0.15) is 0 Å². The molecule has 0 bridgehead atoms. The van der Waals surface area contributed by atoms with Crippen LogP contribution < -0.4 is 0 Å². The Morgan fingerprint density at radius 2 is 0.833 bits per heavy atom. The van der Waals surface area contributed by atoms with Crippen molar-refractivity contribution in [1.29, 1.82) is 0 Å². The summed E-state index contributed by atoms with van der Waals surface area (Å²) in [6.45, 7) is 0. The van der Waals surface area contributed by atoms with Gasteiger partial charge in [0.2, 0.25) is 0 Å². The zero-order valence-corrected chi connectivity index (χ0v) is 7.49. The molecule has 6 heavy (non-hydrogen) atoms. The summed E-state index contributed by atoms with van der Waals surface area (Å²) in [7, 11) is 20.1. The molecule has 0 nitrogen and oxygen atoms in total. The van der Waals surface area contributed by atoms with Crippen LogP contribution >= 0.6 is 34.1 Å². The van der Waals surface area contributed by atoms with E-state index in [-0.39, 0.29) is 25.8 Å². The molecule has 0 saturated heterocycles. The molecule has 0 amide bonds. The predicted octanol–water partition coefficient (Wildman–Crippen LogP) is 1.57. The summed E-state index contributed by atoms with van der Waals surface area (Å²) in [5, 5.41) is 0. The summed E-state index contributed by atoms with van der Waals surface area (Å²) in [5.74, 6) is 0. The fourth-order valence-electron chi connectivity index (χ4n) is 0. The number of hydrogen-bond donors (Lipinski definition) is 0. The molecule has 0 N–H and O–H groups in total. The van der Waals surface area contributed by atoms with Crippen molar-refractivity contribution < 1.29 is 15.5 Å². The Bertz CT molecular complexity index is 23.0. The normalized spacial score (nSPS) is 10.0. The van der Waals surface area contributed by atoms with Crippen molar-refractivity contribution in [2.75, 3.05) is 0 Å². The monoisotopic (exact) mass is 348 g/mol. The van der Waals surface area contributed by atoms with Crippen LogP contribution in [0.1, 0.15) is 0 Å². The Balaban J connectivity index is 0. The van der Waals surface area contributed by atoms with Crippen LogP contribution in [0.3, 0.4) is 0 Å². The molecule has 6 heteroatoms. The van der Waals surface area contributed by atoms with E-state index in [1.165, 1.54) is 0 Å². The van der Waals surface area contributed by atoms with Gasteiger partial charge in [0.15, 0.2) is 0 Å². The van der Waals surface area contributed by atoms with Crippen LogP contribution in [0.4, 0.5) is 0 Å². The number of hydrogen-bond acceptors (Lipinski definition) is 0. The minimum absolute atomic E-state index is 0. The van der Waals surface area contributed by atoms with Gasteiger partial charge >= 0.3 is 75.4 Å². The summed E-state index contributed by atoms with van der Waals surface area (Å²) >= 11 is -3.29. The average Bonchev–Trinajstić information content (AvgIpc) is 0.722. The van der Waals surface area contributed by atoms with Crippen molar-refractivity contribution in [2.45, 2.75) is 0 Å². The summed E-state index contributed by atoms with van der Waals surface area (Å²) in [5.41, 5.74) is 0. The molecule has 0 atom stereocenters. The summed E-state index contributed by atoms with van der Waals surface area (Å²) in [6, 6.07) is 0. The third-order valence-electron chi connectivity index (χ3n) is 0. The zero-order valence-electron chi connectivity index (χ0n) is 2.01. The van der Waals surface area contributed by atoms with Crippen LogP contribution in [0, 0.1) is 0 Å². The molecule has 0 unspecified atom stereocenters. The van der Waals surface area contributed by atoms with Gasteiger partial charge in [-0.05, 0) is 0 Å². The third kappa shape index (κ3) is 28.5. The summed E-state index contributed by atoms with van der Waals surface area (Å²) in [6.07, 6.45) is 0. The van der Waals surface area contributed by atoms with E-state index in [1.54, 1.807) is 0 Å². The van der Waals surface area contributed by atoms with E-state index in [4.69, 9.17) is 34.1 Å². The molecular weight excluding hydrogens is 348 g/mol. The molecule has 0 radical (unpaired) electrons. The first kappa shape index (κ1) is 11.7. The molecule has 0 aromatic rings. The van der Waals surface area contributed by atoms with Crippen molar-refractivity contribution in [3.8, 4) is 0 Å². The van der Waals surface area contributed by atoms with Crippen molar-refractivity contribution in [1.82, 2.24) is 0 Å². The molecular formula is H3Cl4InZr. The maximum absolute atomic E-state index is 5.04. The van der Waals surface area contributed by atoms with E-state index in [1.807, 2.05) is 0 Å². The van der Waals surface area contributed by atoms with E-state index in [9.17, 15) is 0 Å². The van der Waals surface area contributed by atoms with Gasteiger partial charge in [0.05, 0.1) is 0 Å². The molecule has 0 aliphatic rings. The Labute approximate surface area is 73.9 Å². The molecule has 0 aromatic heterocycles. The van der Waals surface area contributed by atoms with Crippen molar-refractivity contribution in [2.24, 2.45) is 0 Å². The van der Waals surface area contributed by atoms with E-state index in [0.717, 1.165) is 0 Å². The summed E-state index contributed by atoms with van der Waals surface area (Å²) < 4.78 is 0. The Kier molecular flexibility index (Phi) is 9.27. The van der Waals surface area contributed by atoms with Crippen LogP contribution in [0.5, 0.6) is 0 Å². The van der Waals surface area contributed by atoms with E-state index in [2.05, 4.69) is 0 Å². The van der Waals surface area contributed by atoms with Gasteiger partial charge in [-0.25, -0.2) is 0 Å². The van der Waals surface area contributed by atoms with Gasteiger partial charge in [-0.15, -0.1) is 0 Å². The first-order valence-corrected chi connectivity index (χ1v) is 13.4. The van der Waals surface area contributed by atoms with Gasteiger partial charge in [0.25, 0.3) is 0 Å². The van der Waals surface area contributed by atoms with Crippen molar-refractivity contribution in [3.05, 3.63) is 0 Å². The van der Waals surface area contributed by atoms with Crippen LogP contribution in [-0.2, 0) is 15.5 Å². The van der Waals surface area contributed by atoms with Crippen molar-refractivity contribution >= 4 is 59.9 Å². The minimum atomic E-state index is -3.29. The topological polar surface area (TPSA) is 0 Å². The molecule has 0 rings (SSSR count). The molecule has 0 saturated carbocycles. The Hall–Kier alpha value is 2.91. The molecule has 0 heterocycles. The number of halogens is 4. The summed E-state index contributed by atoms with van der Waals surface area (Å²) in [4.78, 5) is 0. The fourth-order valence-corrected chi connectivity index (χ4v) is 0. The molecule has 0 aromatic carbocycles. The van der Waals surface area contributed by atoms with Crippen LogP contribution in [0.2, 0.25) is 0 Å². The Morgan fingerprint density at radius 3 is 0.833 bits per heavy atom. The second kappa shape index (κ2) is 4.76. The molecule has 0 fully saturated rings. The molecule has 38 valence electrons. The van der Waals surface area contributed by atoms with E-state index < -0.39 is 15.5 Å². The zero-order chi connectivity index (χ0) is 4.50. The SMILES string of the molecule is [Cl][Zr]([Cl])([Cl])[Cl].[InH3]. The standard InChI is InChI=1S/4ClH.In.Zr.3H/h4*1H;;;;;/q;;;;;+4;;;/p-4. The van der Waals surface area contributed by atoms with Gasteiger partial charge in [0, 0.05) is 0 Å². The van der Waals surface area contributed by atoms with E-state index >= 15 is 0 Å². The maximum atomic E-state index is 5.04. The predicted molar refractivity (Wildman–Crippen MR) is 33.4 cm³/mol. The van der Waals surface area contributed by atoms with Crippen LogP contribution in [0.25, 0.3) is 0 Å². The first-order chi connectivity index (χ1) is 2.00. The third-order valence-corrected chi connectivity index (χ3v) is 0. The number of rotatable bonds is 0. The molecule has 0 aliphatic heterocycles. The van der Waals surface area contributed by atoms with E-state index in [0.29, 0.717) is 0 Å². The van der Waals surface area contributed by atoms with Crippen LogP contribution in [0.15, 0.2) is 0 Å². The fraction of sp³-hybridized carbons (Fsp3) is 0. The van der Waals surface area contributed by atoms with Gasteiger partial charge in [0.1, 0.15) is 0 Å². The molecule has 0 spiro atoms. The quantitative estimate of drug-likeness (QED) is 0.622. The second-order valence-corrected chi connectivity index (χ2v) is 22.8. The molecule has 0 aliphatic carbocycles. The van der Waals surface area contributed by atoms with Crippen molar-refractivity contribution in [3.63, 3.8) is 0 Å². The van der Waals surface area contributed by atoms with Gasteiger partial charge in [-0.3, -0.25) is 0 Å². The second-order valence-electron chi connectivity index (χ2n) is 0.429. The van der Waals surface area contributed by atoms with Gasteiger partial charge in [-0.1, -0.05) is 0 Å². The van der Waals surface area contributed by atoms with Gasteiger partial charge < -0.3 is 0 Å².